The van der Waals surface area contributed by atoms with Gasteiger partial charge in [0.2, 0.25) is 0 Å². The average molecular weight is 438 g/mol. The summed E-state index contributed by atoms with van der Waals surface area (Å²) < 4.78 is 18.1. The Kier molecular flexibility index (Phi) is 4.28. The van der Waals surface area contributed by atoms with E-state index >= 15 is 0 Å². The Morgan fingerprint density at radius 3 is 2.45 bits per heavy atom. The van der Waals surface area contributed by atoms with E-state index in [0.29, 0.717) is 6.42 Å². The quantitative estimate of drug-likeness (QED) is 0.595. The van der Waals surface area contributed by atoms with Crippen LogP contribution >= 0.6 is 0 Å². The van der Waals surface area contributed by atoms with E-state index in [0.717, 1.165) is 32.4 Å². The predicted octanol–water partition coefficient (Wildman–Crippen LogP) is 0.645. The molecule has 6 aliphatic rings. The molecule has 7 heteroatoms. The van der Waals surface area contributed by atoms with E-state index < -0.39 is 22.7 Å². The van der Waals surface area contributed by atoms with Crippen molar-refractivity contribution in [3.8, 4) is 0 Å². The summed E-state index contributed by atoms with van der Waals surface area (Å²) in [4.78, 5) is 2.36. The fourth-order valence-corrected chi connectivity index (χ4v) is 10.7. The minimum Gasteiger partial charge on any atom is -0.390 e. The van der Waals surface area contributed by atoms with Gasteiger partial charge in [0.05, 0.1) is 30.5 Å². The van der Waals surface area contributed by atoms with E-state index in [4.69, 9.17) is 14.2 Å². The van der Waals surface area contributed by atoms with Gasteiger partial charge in [-0.1, -0.05) is 13.8 Å². The van der Waals surface area contributed by atoms with Gasteiger partial charge in [-0.2, -0.15) is 0 Å². The lowest BCUT2D eigenvalue weighted by molar-refractivity contribution is -0.318. The molecule has 0 radical (unpaired) electrons. The van der Waals surface area contributed by atoms with Crippen molar-refractivity contribution in [2.75, 3.05) is 34.4 Å². The van der Waals surface area contributed by atoms with Crippen LogP contribution in [0.2, 0.25) is 0 Å². The van der Waals surface area contributed by atoms with Crippen LogP contribution in [-0.2, 0) is 14.2 Å². The van der Waals surface area contributed by atoms with Crippen LogP contribution in [0.5, 0.6) is 0 Å². The van der Waals surface area contributed by atoms with E-state index in [9.17, 15) is 15.3 Å². The lowest BCUT2D eigenvalue weighted by atomic mass is 9.43. The summed E-state index contributed by atoms with van der Waals surface area (Å²) in [5, 5.41) is 37.1. The maximum atomic E-state index is 12.6. The zero-order chi connectivity index (χ0) is 22.1. The van der Waals surface area contributed by atoms with Crippen molar-refractivity contribution in [2.24, 2.45) is 34.5 Å². The molecule has 5 aliphatic carbocycles. The van der Waals surface area contributed by atoms with Gasteiger partial charge in [0, 0.05) is 57.5 Å². The van der Waals surface area contributed by atoms with Crippen LogP contribution < -0.4 is 0 Å². The number of hydrogen-bond acceptors (Lipinski definition) is 7. The Balaban J connectivity index is 1.67. The highest BCUT2D eigenvalue weighted by Gasteiger charge is 2.90. The third kappa shape index (κ3) is 1.93. The third-order valence-corrected chi connectivity index (χ3v) is 11.3. The maximum Gasteiger partial charge on any atom is 0.136 e. The van der Waals surface area contributed by atoms with Gasteiger partial charge in [-0.25, -0.2) is 0 Å². The number of methoxy groups -OCH3 is 3. The van der Waals surface area contributed by atoms with Gasteiger partial charge in [-0.3, -0.25) is 4.90 Å². The number of piperidine rings is 1. The van der Waals surface area contributed by atoms with Crippen molar-refractivity contribution < 1.29 is 29.5 Å². The normalized spacial score (nSPS) is 64.1. The van der Waals surface area contributed by atoms with Crippen molar-refractivity contribution in [1.29, 1.82) is 0 Å². The fraction of sp³-hybridized carbons (Fsp3) is 1.00. The van der Waals surface area contributed by atoms with Crippen LogP contribution in [0.15, 0.2) is 0 Å². The SMILES string of the molecule is CCN1C[C@]2(C)CC[C@H](OC)[C@]34C1[C@](O)([C@@H](O)[C@H]23)[C@@]1(O)C[C@H](OC)[C@H]2C[C@@H]4[C@@H]1[C@H]2OC. The van der Waals surface area contributed by atoms with Crippen LogP contribution in [0.1, 0.15) is 39.5 Å². The number of ether oxygens (including phenoxy) is 3. The Morgan fingerprint density at radius 1 is 1.10 bits per heavy atom. The van der Waals surface area contributed by atoms with Crippen molar-refractivity contribution >= 4 is 0 Å². The molecule has 1 unspecified atom stereocenters. The third-order valence-electron chi connectivity index (χ3n) is 11.3. The Morgan fingerprint density at radius 2 is 1.84 bits per heavy atom. The first-order chi connectivity index (χ1) is 14.7. The first-order valence-electron chi connectivity index (χ1n) is 12.2. The van der Waals surface area contributed by atoms with Crippen molar-refractivity contribution in [2.45, 2.75) is 81.2 Å². The minimum atomic E-state index is -1.64. The Hall–Kier alpha value is -0.280. The van der Waals surface area contributed by atoms with Gasteiger partial charge in [0.15, 0.2) is 0 Å². The zero-order valence-corrected chi connectivity index (χ0v) is 19.5. The van der Waals surface area contributed by atoms with Crippen LogP contribution in [0.4, 0.5) is 0 Å². The smallest absolute Gasteiger partial charge is 0.136 e. The highest BCUT2D eigenvalue weighted by atomic mass is 16.5. The molecule has 7 bridgehead atoms. The molecular formula is C24H39NO6. The predicted molar refractivity (Wildman–Crippen MR) is 112 cm³/mol. The number of nitrogens with zero attached hydrogens (tertiary/aromatic N) is 1. The molecule has 0 aromatic carbocycles. The monoisotopic (exact) mass is 437 g/mol. The molecule has 176 valence electrons. The molecule has 1 spiro atoms. The first-order valence-corrected chi connectivity index (χ1v) is 12.2. The molecule has 7 nitrogen and oxygen atoms in total. The topological polar surface area (TPSA) is 91.6 Å². The fourth-order valence-electron chi connectivity index (χ4n) is 10.7. The number of likely N-dealkylation sites (tertiary alicyclic amines) is 1. The molecule has 0 aromatic heterocycles. The zero-order valence-electron chi connectivity index (χ0n) is 19.5. The molecule has 6 fully saturated rings. The molecule has 0 amide bonds. The second-order valence-corrected chi connectivity index (χ2v) is 11.8. The number of fused-ring (bicyclic) bond motifs is 2. The lowest BCUT2D eigenvalue weighted by Gasteiger charge is -2.70. The standard InChI is InChI=1S/C24H39NO6/c1-6-25-11-21(2)8-7-15(30-4)23-13-9-12-14(29-3)10-22(27,16(13)17(12)31-5)24(28,20(23)25)19(26)18(21)23/h12-20,26-28H,6-11H2,1-5H3/t12-,13-,14+,15+,16-,17+,18-,19+,20?,21+,22-,23+,24-/m1/s1. The summed E-state index contributed by atoms with van der Waals surface area (Å²) in [7, 11) is 5.18. The summed E-state index contributed by atoms with van der Waals surface area (Å²) in [6.45, 7) is 6.04. The molecule has 1 aliphatic heterocycles. The van der Waals surface area contributed by atoms with Gasteiger partial charge >= 0.3 is 0 Å². The van der Waals surface area contributed by atoms with Crippen molar-refractivity contribution in [3.05, 3.63) is 0 Å². The summed E-state index contributed by atoms with van der Waals surface area (Å²) >= 11 is 0. The van der Waals surface area contributed by atoms with E-state index in [1.54, 1.807) is 21.3 Å². The van der Waals surface area contributed by atoms with Gasteiger partial charge in [-0.05, 0) is 37.1 Å². The van der Waals surface area contributed by atoms with Gasteiger partial charge in [-0.15, -0.1) is 0 Å². The number of aliphatic hydroxyl groups is 3. The van der Waals surface area contributed by atoms with E-state index in [1.807, 2.05) is 0 Å². The summed E-state index contributed by atoms with van der Waals surface area (Å²) in [5.41, 5.74) is -3.64. The Bertz CT molecular complexity index is 781. The number of hydrogen-bond donors (Lipinski definition) is 3. The summed E-state index contributed by atoms with van der Waals surface area (Å²) in [6.07, 6.45) is 1.67. The molecule has 6 rings (SSSR count). The van der Waals surface area contributed by atoms with Crippen LogP contribution in [0.3, 0.4) is 0 Å². The van der Waals surface area contributed by atoms with E-state index in [-0.39, 0.29) is 53.4 Å². The van der Waals surface area contributed by atoms with Crippen molar-refractivity contribution in [1.82, 2.24) is 4.90 Å². The molecule has 5 saturated carbocycles. The summed E-state index contributed by atoms with van der Waals surface area (Å²) in [6, 6.07) is -0.332. The molecule has 1 saturated heterocycles. The van der Waals surface area contributed by atoms with Crippen LogP contribution in [0, 0.1) is 34.5 Å². The van der Waals surface area contributed by atoms with Gasteiger partial charge in [0.1, 0.15) is 11.2 Å². The molecule has 3 N–H and O–H groups in total. The lowest BCUT2D eigenvalue weighted by Crippen LogP contribution is -2.81. The molecule has 31 heavy (non-hydrogen) atoms. The molecule has 0 aromatic rings. The second kappa shape index (κ2) is 6.23. The van der Waals surface area contributed by atoms with Crippen LogP contribution in [0.25, 0.3) is 0 Å². The average Bonchev–Trinajstić information content (AvgIpc) is 3.16. The van der Waals surface area contributed by atoms with Crippen LogP contribution in [-0.4, -0.2) is 96.3 Å². The maximum absolute atomic E-state index is 12.6. The number of likely N-dealkylation sites (N-methyl/N-ethyl adjacent to an activating group) is 1. The number of rotatable bonds is 4. The van der Waals surface area contributed by atoms with E-state index in [2.05, 4.69) is 18.7 Å². The van der Waals surface area contributed by atoms with Crippen molar-refractivity contribution in [3.63, 3.8) is 0 Å². The van der Waals surface area contributed by atoms with Gasteiger partial charge < -0.3 is 29.5 Å². The largest absolute Gasteiger partial charge is 0.390 e. The summed E-state index contributed by atoms with van der Waals surface area (Å²) in [5.74, 6) is -0.0415. The molecular weight excluding hydrogens is 398 g/mol. The van der Waals surface area contributed by atoms with E-state index in [1.165, 1.54) is 0 Å². The Labute approximate surface area is 185 Å². The molecule has 13 atom stereocenters. The van der Waals surface area contributed by atoms with Gasteiger partial charge in [0.25, 0.3) is 0 Å². The first kappa shape index (κ1) is 21.3. The highest BCUT2D eigenvalue weighted by molar-refractivity contribution is 5.40. The second-order valence-electron chi connectivity index (χ2n) is 11.8. The minimum absolute atomic E-state index is 0.0546. The molecule has 1 heterocycles. The number of aliphatic hydroxyl groups excluding tert-OH is 1. The highest BCUT2D eigenvalue weighted by Crippen LogP contribution is 2.80.